The van der Waals surface area contributed by atoms with E-state index in [0.717, 1.165) is 22.0 Å². The predicted octanol–water partition coefficient (Wildman–Crippen LogP) is 4.66. The lowest BCUT2D eigenvalue weighted by Gasteiger charge is -2.13. The third-order valence-corrected chi connectivity index (χ3v) is 3.19. The van der Waals surface area contributed by atoms with Crippen molar-refractivity contribution in [2.75, 3.05) is 11.9 Å². The fourth-order valence-electron chi connectivity index (χ4n) is 1.91. The second-order valence-corrected chi connectivity index (χ2v) is 4.78. The minimum atomic E-state index is 0.669. The van der Waals surface area contributed by atoms with Crippen LogP contribution in [0.1, 0.15) is 18.1 Å². The summed E-state index contributed by atoms with van der Waals surface area (Å²) >= 11 is 6.17. The van der Waals surface area contributed by atoms with Crippen LogP contribution in [0, 0.1) is 6.92 Å². The maximum absolute atomic E-state index is 6.17. The molecule has 0 heterocycles. The van der Waals surface area contributed by atoms with Crippen LogP contribution in [0.4, 0.5) is 5.69 Å². The molecule has 0 amide bonds. The number of para-hydroxylation sites is 1. The van der Waals surface area contributed by atoms with E-state index in [0.29, 0.717) is 13.2 Å². The van der Waals surface area contributed by atoms with Crippen LogP contribution in [-0.4, -0.2) is 6.61 Å². The Bertz CT molecular complexity index is 554. The number of halogens is 1. The standard InChI is InChI=1S/C16H18ClNO/c1-3-19-16-7-5-4-6-13(16)11-18-15-10-12(2)8-9-14(15)17/h4-10,18H,3,11H2,1-2H3. The summed E-state index contributed by atoms with van der Waals surface area (Å²) in [5.41, 5.74) is 3.26. The number of hydrogen-bond acceptors (Lipinski definition) is 2. The first-order valence-electron chi connectivity index (χ1n) is 6.41. The molecule has 0 saturated heterocycles. The third-order valence-electron chi connectivity index (χ3n) is 2.86. The van der Waals surface area contributed by atoms with E-state index in [1.165, 1.54) is 5.56 Å². The highest BCUT2D eigenvalue weighted by atomic mass is 35.5. The molecule has 0 aliphatic heterocycles. The normalized spacial score (nSPS) is 10.3. The zero-order valence-corrected chi connectivity index (χ0v) is 12.0. The summed E-state index contributed by atoms with van der Waals surface area (Å²) in [4.78, 5) is 0. The molecule has 0 aromatic heterocycles. The van der Waals surface area contributed by atoms with Crippen molar-refractivity contribution >= 4 is 17.3 Å². The van der Waals surface area contributed by atoms with Gasteiger partial charge in [0.2, 0.25) is 0 Å². The maximum atomic E-state index is 6.17. The Kier molecular flexibility index (Phi) is 4.69. The predicted molar refractivity (Wildman–Crippen MR) is 81.1 cm³/mol. The number of ether oxygens (including phenoxy) is 1. The SMILES string of the molecule is CCOc1ccccc1CNc1cc(C)ccc1Cl. The Morgan fingerprint density at radius 2 is 1.95 bits per heavy atom. The van der Waals surface area contributed by atoms with Crippen LogP contribution in [0.25, 0.3) is 0 Å². The zero-order valence-electron chi connectivity index (χ0n) is 11.2. The van der Waals surface area contributed by atoms with E-state index in [9.17, 15) is 0 Å². The number of hydrogen-bond donors (Lipinski definition) is 1. The van der Waals surface area contributed by atoms with Crippen LogP contribution in [0.15, 0.2) is 42.5 Å². The van der Waals surface area contributed by atoms with Crippen molar-refractivity contribution in [1.29, 1.82) is 0 Å². The number of rotatable bonds is 5. The molecule has 0 unspecified atom stereocenters. The van der Waals surface area contributed by atoms with Gasteiger partial charge in [-0.1, -0.05) is 35.9 Å². The van der Waals surface area contributed by atoms with E-state index >= 15 is 0 Å². The molecule has 3 heteroatoms. The highest BCUT2D eigenvalue weighted by Crippen LogP contribution is 2.25. The average molecular weight is 276 g/mol. The summed E-state index contributed by atoms with van der Waals surface area (Å²) in [6, 6.07) is 14.0. The summed E-state index contributed by atoms with van der Waals surface area (Å²) in [5.74, 6) is 0.918. The van der Waals surface area contributed by atoms with Crippen molar-refractivity contribution in [3.05, 3.63) is 58.6 Å². The van der Waals surface area contributed by atoms with Gasteiger partial charge in [-0.05, 0) is 37.6 Å². The molecule has 2 rings (SSSR count). The van der Waals surface area contributed by atoms with Crippen LogP contribution in [0.3, 0.4) is 0 Å². The van der Waals surface area contributed by atoms with Gasteiger partial charge in [-0.25, -0.2) is 0 Å². The molecule has 19 heavy (non-hydrogen) atoms. The molecule has 0 fully saturated rings. The van der Waals surface area contributed by atoms with Crippen LogP contribution in [0.5, 0.6) is 5.75 Å². The Balaban J connectivity index is 2.12. The monoisotopic (exact) mass is 275 g/mol. The average Bonchev–Trinajstić information content (AvgIpc) is 2.42. The summed E-state index contributed by atoms with van der Waals surface area (Å²) < 4.78 is 5.61. The van der Waals surface area contributed by atoms with Crippen molar-refractivity contribution in [2.24, 2.45) is 0 Å². The van der Waals surface area contributed by atoms with Gasteiger partial charge in [0.05, 0.1) is 17.3 Å². The van der Waals surface area contributed by atoms with Crippen molar-refractivity contribution in [2.45, 2.75) is 20.4 Å². The molecule has 0 aliphatic rings. The minimum Gasteiger partial charge on any atom is -0.494 e. The fourth-order valence-corrected chi connectivity index (χ4v) is 2.10. The van der Waals surface area contributed by atoms with Gasteiger partial charge in [-0.3, -0.25) is 0 Å². The second kappa shape index (κ2) is 6.48. The largest absolute Gasteiger partial charge is 0.494 e. The highest BCUT2D eigenvalue weighted by molar-refractivity contribution is 6.33. The van der Waals surface area contributed by atoms with Crippen molar-refractivity contribution < 1.29 is 4.74 Å². The fraction of sp³-hybridized carbons (Fsp3) is 0.250. The summed E-state index contributed by atoms with van der Waals surface area (Å²) in [6.45, 7) is 5.40. The molecular formula is C16H18ClNO. The van der Waals surface area contributed by atoms with Gasteiger partial charge in [-0.15, -0.1) is 0 Å². The molecule has 2 nitrogen and oxygen atoms in total. The second-order valence-electron chi connectivity index (χ2n) is 4.38. The van der Waals surface area contributed by atoms with Crippen LogP contribution in [-0.2, 0) is 6.54 Å². The Morgan fingerprint density at radius 1 is 1.16 bits per heavy atom. The van der Waals surface area contributed by atoms with Crippen LogP contribution < -0.4 is 10.1 Å². The van der Waals surface area contributed by atoms with Gasteiger partial charge in [0.1, 0.15) is 5.75 Å². The van der Waals surface area contributed by atoms with E-state index in [1.54, 1.807) is 0 Å². The van der Waals surface area contributed by atoms with Crippen molar-refractivity contribution in [3.8, 4) is 5.75 Å². The van der Waals surface area contributed by atoms with Crippen LogP contribution >= 0.6 is 11.6 Å². The van der Waals surface area contributed by atoms with Crippen molar-refractivity contribution in [3.63, 3.8) is 0 Å². The molecular weight excluding hydrogens is 258 g/mol. The van der Waals surface area contributed by atoms with Gasteiger partial charge in [0.15, 0.2) is 0 Å². The lowest BCUT2D eigenvalue weighted by molar-refractivity contribution is 0.337. The Morgan fingerprint density at radius 3 is 2.74 bits per heavy atom. The number of aryl methyl sites for hydroxylation is 1. The van der Waals surface area contributed by atoms with E-state index in [1.807, 2.05) is 43.3 Å². The number of benzene rings is 2. The smallest absolute Gasteiger partial charge is 0.124 e. The minimum absolute atomic E-state index is 0.669. The lowest BCUT2D eigenvalue weighted by Crippen LogP contribution is -2.03. The molecule has 2 aromatic carbocycles. The molecule has 2 aromatic rings. The van der Waals surface area contributed by atoms with Crippen LogP contribution in [0.2, 0.25) is 5.02 Å². The van der Waals surface area contributed by atoms with Gasteiger partial charge in [0, 0.05) is 12.1 Å². The summed E-state index contributed by atoms with van der Waals surface area (Å²) in [5, 5.41) is 4.09. The quantitative estimate of drug-likeness (QED) is 0.857. The highest BCUT2D eigenvalue weighted by Gasteiger charge is 2.04. The van der Waals surface area contributed by atoms with Gasteiger partial charge in [-0.2, -0.15) is 0 Å². The van der Waals surface area contributed by atoms with E-state index < -0.39 is 0 Å². The van der Waals surface area contributed by atoms with Gasteiger partial charge >= 0.3 is 0 Å². The summed E-state index contributed by atoms with van der Waals surface area (Å²) in [7, 11) is 0. The first-order chi connectivity index (χ1) is 9.20. The third kappa shape index (κ3) is 3.65. The number of anilines is 1. The molecule has 0 atom stereocenters. The Hall–Kier alpha value is -1.67. The molecule has 0 spiro atoms. The molecule has 1 N–H and O–H groups in total. The first kappa shape index (κ1) is 13.8. The van der Waals surface area contributed by atoms with E-state index in [4.69, 9.17) is 16.3 Å². The molecule has 0 saturated carbocycles. The van der Waals surface area contributed by atoms with Crippen molar-refractivity contribution in [1.82, 2.24) is 0 Å². The molecule has 0 radical (unpaired) electrons. The lowest BCUT2D eigenvalue weighted by atomic mass is 10.2. The Labute approximate surface area is 119 Å². The van der Waals surface area contributed by atoms with Gasteiger partial charge in [0.25, 0.3) is 0 Å². The van der Waals surface area contributed by atoms with Gasteiger partial charge < -0.3 is 10.1 Å². The maximum Gasteiger partial charge on any atom is 0.124 e. The zero-order chi connectivity index (χ0) is 13.7. The molecule has 100 valence electrons. The number of nitrogens with one attached hydrogen (secondary N) is 1. The van der Waals surface area contributed by atoms with E-state index in [2.05, 4.69) is 18.3 Å². The molecule has 0 aliphatic carbocycles. The summed E-state index contributed by atoms with van der Waals surface area (Å²) in [6.07, 6.45) is 0. The van der Waals surface area contributed by atoms with E-state index in [-0.39, 0.29) is 0 Å². The topological polar surface area (TPSA) is 21.3 Å². The first-order valence-corrected chi connectivity index (χ1v) is 6.79. The molecule has 0 bridgehead atoms.